The Morgan fingerprint density at radius 2 is 1.71 bits per heavy atom. The van der Waals surface area contributed by atoms with Crippen LogP contribution in [0.15, 0.2) is 64.0 Å². The van der Waals surface area contributed by atoms with E-state index in [0.29, 0.717) is 6.54 Å². The van der Waals surface area contributed by atoms with Crippen LogP contribution in [0.3, 0.4) is 0 Å². The maximum Gasteiger partial charge on any atom is 0.240 e. The molecule has 0 heterocycles. The molecule has 0 bridgehead atoms. The molecule has 2 rings (SSSR count). The van der Waals surface area contributed by atoms with Crippen LogP contribution in [0.25, 0.3) is 0 Å². The van der Waals surface area contributed by atoms with Crippen LogP contribution in [0.1, 0.15) is 19.8 Å². The fraction of sp³-hybridized carbons (Fsp3) is 0.350. The van der Waals surface area contributed by atoms with Crippen molar-refractivity contribution in [2.45, 2.75) is 24.7 Å². The van der Waals surface area contributed by atoms with Crippen molar-refractivity contribution in [3.05, 3.63) is 59.1 Å². The minimum absolute atomic E-state index is 0.0648. The number of carbonyl (C=O) groups excluding carboxylic acids is 1. The second kappa shape index (κ2) is 11.2. The molecule has 0 fully saturated rings. The van der Waals surface area contributed by atoms with Gasteiger partial charge in [0.05, 0.1) is 4.90 Å². The molecule has 0 saturated heterocycles. The number of sulfonamides is 1. The molecule has 2 aromatic carbocycles. The number of halogens is 1. The summed E-state index contributed by atoms with van der Waals surface area (Å²) in [6.45, 7) is 4.47. The minimum atomic E-state index is -3.60. The Bertz CT molecular complexity index is 843. The smallest absolute Gasteiger partial charge is 0.240 e. The quantitative estimate of drug-likeness (QED) is 0.497. The van der Waals surface area contributed by atoms with E-state index in [2.05, 4.69) is 49.9 Å². The van der Waals surface area contributed by atoms with Crippen LogP contribution >= 0.6 is 15.9 Å². The van der Waals surface area contributed by atoms with Crippen molar-refractivity contribution in [3.63, 3.8) is 0 Å². The first-order valence-electron chi connectivity index (χ1n) is 9.24. The van der Waals surface area contributed by atoms with Gasteiger partial charge in [-0.25, -0.2) is 13.1 Å². The molecule has 28 heavy (non-hydrogen) atoms. The first-order valence-corrected chi connectivity index (χ1v) is 11.5. The van der Waals surface area contributed by atoms with Crippen LogP contribution in [-0.4, -0.2) is 40.5 Å². The van der Waals surface area contributed by atoms with Gasteiger partial charge in [-0.1, -0.05) is 34.1 Å². The Morgan fingerprint density at radius 3 is 2.36 bits per heavy atom. The lowest BCUT2D eigenvalue weighted by molar-refractivity contribution is -0.120. The molecule has 0 atom stereocenters. The number of benzene rings is 2. The number of para-hydroxylation sites is 1. The van der Waals surface area contributed by atoms with Gasteiger partial charge in [-0.05, 0) is 49.7 Å². The lowest BCUT2D eigenvalue weighted by Crippen LogP contribution is -2.33. The second-order valence-corrected chi connectivity index (χ2v) is 8.90. The van der Waals surface area contributed by atoms with E-state index in [1.54, 1.807) is 12.1 Å². The van der Waals surface area contributed by atoms with Gasteiger partial charge in [0, 0.05) is 42.8 Å². The van der Waals surface area contributed by atoms with E-state index < -0.39 is 10.0 Å². The van der Waals surface area contributed by atoms with Crippen molar-refractivity contribution in [1.29, 1.82) is 0 Å². The molecular weight excluding hydrogens is 442 g/mol. The van der Waals surface area contributed by atoms with Crippen molar-refractivity contribution in [1.82, 2.24) is 10.0 Å². The molecule has 0 aliphatic rings. The molecule has 2 N–H and O–H groups in total. The molecule has 0 saturated carbocycles. The van der Waals surface area contributed by atoms with Gasteiger partial charge >= 0.3 is 0 Å². The van der Waals surface area contributed by atoms with Crippen LogP contribution in [0.5, 0.6) is 0 Å². The van der Waals surface area contributed by atoms with Gasteiger partial charge in [-0.3, -0.25) is 4.79 Å². The number of hydrogen-bond donors (Lipinski definition) is 2. The van der Waals surface area contributed by atoms with Crippen LogP contribution in [0.2, 0.25) is 0 Å². The van der Waals surface area contributed by atoms with Gasteiger partial charge in [-0.2, -0.15) is 0 Å². The fourth-order valence-electron chi connectivity index (χ4n) is 2.69. The van der Waals surface area contributed by atoms with Gasteiger partial charge in [-0.15, -0.1) is 0 Å². The van der Waals surface area contributed by atoms with Crippen LogP contribution in [0.4, 0.5) is 5.69 Å². The zero-order valence-electron chi connectivity index (χ0n) is 15.9. The molecule has 0 aliphatic carbocycles. The summed E-state index contributed by atoms with van der Waals surface area (Å²) in [7, 11) is -3.60. The molecule has 0 aromatic heterocycles. The number of anilines is 1. The second-order valence-electron chi connectivity index (χ2n) is 6.22. The Morgan fingerprint density at radius 1 is 1.04 bits per heavy atom. The summed E-state index contributed by atoms with van der Waals surface area (Å²) in [5.41, 5.74) is 1.17. The molecule has 2 aromatic rings. The van der Waals surface area contributed by atoms with E-state index in [1.165, 1.54) is 17.8 Å². The van der Waals surface area contributed by atoms with Crippen molar-refractivity contribution >= 4 is 37.5 Å². The maximum absolute atomic E-state index is 12.2. The van der Waals surface area contributed by atoms with E-state index in [4.69, 9.17) is 0 Å². The van der Waals surface area contributed by atoms with Crippen molar-refractivity contribution in [3.8, 4) is 0 Å². The molecule has 8 heteroatoms. The van der Waals surface area contributed by atoms with Crippen molar-refractivity contribution in [2.24, 2.45) is 0 Å². The van der Waals surface area contributed by atoms with Gasteiger partial charge in [0.25, 0.3) is 0 Å². The van der Waals surface area contributed by atoms with Crippen LogP contribution in [-0.2, 0) is 14.8 Å². The van der Waals surface area contributed by atoms with E-state index >= 15 is 0 Å². The van der Waals surface area contributed by atoms with Crippen molar-refractivity contribution in [2.75, 3.05) is 31.1 Å². The number of hydrogen-bond acceptors (Lipinski definition) is 4. The monoisotopic (exact) mass is 467 g/mol. The summed E-state index contributed by atoms with van der Waals surface area (Å²) in [6.07, 6.45) is 0.922. The first-order chi connectivity index (χ1) is 13.4. The highest BCUT2D eigenvalue weighted by Crippen LogP contribution is 2.14. The SMILES string of the molecule is CCN(CCCNC(=O)CCNS(=O)(=O)c1ccc(Br)cc1)c1ccccc1. The Kier molecular flexibility index (Phi) is 8.95. The number of nitrogens with zero attached hydrogens (tertiary/aromatic N) is 1. The minimum Gasteiger partial charge on any atom is -0.372 e. The third kappa shape index (κ3) is 7.26. The van der Waals surface area contributed by atoms with Gasteiger partial charge in [0.2, 0.25) is 15.9 Å². The van der Waals surface area contributed by atoms with E-state index in [1.807, 2.05) is 18.2 Å². The Hall–Kier alpha value is -1.90. The molecule has 0 spiro atoms. The highest BCUT2D eigenvalue weighted by molar-refractivity contribution is 9.10. The molecule has 152 valence electrons. The van der Waals surface area contributed by atoms with E-state index in [0.717, 1.165) is 24.0 Å². The van der Waals surface area contributed by atoms with Gasteiger partial charge in [0.1, 0.15) is 0 Å². The van der Waals surface area contributed by atoms with Crippen LogP contribution < -0.4 is 14.9 Å². The first kappa shape index (κ1) is 22.4. The largest absolute Gasteiger partial charge is 0.372 e. The summed E-state index contributed by atoms with van der Waals surface area (Å²) in [4.78, 5) is 14.4. The molecule has 0 radical (unpaired) electrons. The maximum atomic E-state index is 12.2. The molecule has 1 amide bonds. The third-order valence-corrected chi connectivity index (χ3v) is 6.20. The van der Waals surface area contributed by atoms with Crippen molar-refractivity contribution < 1.29 is 13.2 Å². The topological polar surface area (TPSA) is 78.5 Å². The lowest BCUT2D eigenvalue weighted by atomic mass is 10.2. The molecule has 6 nitrogen and oxygen atoms in total. The number of amides is 1. The average molecular weight is 468 g/mol. The number of carbonyl (C=O) groups is 1. The number of rotatable bonds is 11. The Labute approximate surface area is 175 Å². The normalized spacial score (nSPS) is 11.2. The fourth-order valence-corrected chi connectivity index (χ4v) is 3.99. The third-order valence-electron chi connectivity index (χ3n) is 4.20. The Balaban J connectivity index is 1.66. The van der Waals surface area contributed by atoms with E-state index in [-0.39, 0.29) is 23.8 Å². The molecular formula is C20H26BrN3O3S. The summed E-state index contributed by atoms with van der Waals surface area (Å²) in [5, 5.41) is 2.84. The van der Waals surface area contributed by atoms with Gasteiger partial charge in [0.15, 0.2) is 0 Å². The van der Waals surface area contributed by atoms with Gasteiger partial charge < -0.3 is 10.2 Å². The summed E-state index contributed by atoms with van der Waals surface area (Å²) < 4.78 is 27.6. The number of nitrogens with one attached hydrogen (secondary N) is 2. The lowest BCUT2D eigenvalue weighted by Gasteiger charge is -2.23. The standard InChI is InChI=1S/C20H26BrN3O3S/c1-2-24(18-7-4-3-5-8-18)16-6-14-22-20(25)13-15-23-28(26,27)19-11-9-17(21)10-12-19/h3-5,7-12,23H,2,6,13-16H2,1H3,(H,22,25). The summed E-state index contributed by atoms with van der Waals surface area (Å²) in [5.74, 6) is -0.165. The highest BCUT2D eigenvalue weighted by atomic mass is 79.9. The zero-order valence-corrected chi connectivity index (χ0v) is 18.3. The molecule has 0 unspecified atom stereocenters. The predicted molar refractivity (Wildman–Crippen MR) is 116 cm³/mol. The summed E-state index contributed by atoms with van der Waals surface area (Å²) in [6, 6.07) is 16.5. The highest BCUT2D eigenvalue weighted by Gasteiger charge is 2.13. The van der Waals surface area contributed by atoms with Crippen LogP contribution in [0, 0.1) is 0 Å². The average Bonchev–Trinajstić information content (AvgIpc) is 2.69. The predicted octanol–water partition coefficient (Wildman–Crippen LogP) is 3.15. The zero-order chi connectivity index (χ0) is 20.4. The summed E-state index contributed by atoms with van der Waals surface area (Å²) >= 11 is 3.27. The van der Waals surface area contributed by atoms with E-state index in [9.17, 15) is 13.2 Å². The molecule has 0 aliphatic heterocycles.